The Kier molecular flexibility index (Phi) is 4.47. The van der Waals surface area contributed by atoms with E-state index in [1.165, 1.54) is 6.92 Å². The molecule has 3 heterocycles. The van der Waals surface area contributed by atoms with Gasteiger partial charge in [0.05, 0.1) is 4.90 Å². The molecule has 0 saturated carbocycles. The highest BCUT2D eigenvalue weighted by molar-refractivity contribution is 7.85. The summed E-state index contributed by atoms with van der Waals surface area (Å²) in [4.78, 5) is 23.1. The summed E-state index contributed by atoms with van der Waals surface area (Å²) in [5.74, 6) is -0.0556. The molecule has 0 aliphatic carbocycles. The van der Waals surface area contributed by atoms with Gasteiger partial charge in [-0.2, -0.15) is 0 Å². The lowest BCUT2D eigenvalue weighted by molar-refractivity contribution is -0.118. The smallest absolute Gasteiger partial charge is 0.216 e. The molecule has 1 unspecified atom stereocenters. The number of fused-ring (bicyclic) bond motifs is 1. The molecule has 3 aromatic heterocycles. The van der Waals surface area contributed by atoms with Crippen molar-refractivity contribution in [3.63, 3.8) is 0 Å². The van der Waals surface area contributed by atoms with E-state index in [2.05, 4.69) is 20.3 Å². The normalized spacial score (nSPS) is 12.2. The third kappa shape index (κ3) is 3.45. The molecule has 118 valence electrons. The minimum absolute atomic E-state index is 0.0556. The molecule has 0 aliphatic heterocycles. The number of rotatable bonds is 5. The number of hydrogen-bond donors (Lipinski definition) is 2. The van der Waals surface area contributed by atoms with E-state index < -0.39 is 10.8 Å². The van der Waals surface area contributed by atoms with E-state index in [1.807, 2.05) is 12.3 Å². The van der Waals surface area contributed by atoms with E-state index in [4.69, 9.17) is 0 Å². The van der Waals surface area contributed by atoms with E-state index in [9.17, 15) is 9.00 Å². The number of aromatic amines is 1. The Balaban J connectivity index is 1.88. The molecule has 23 heavy (non-hydrogen) atoms. The van der Waals surface area contributed by atoms with Crippen LogP contribution in [0, 0.1) is 0 Å². The average Bonchev–Trinajstić information content (AvgIpc) is 2.97. The number of carbonyl (C=O) groups excluding carboxylic acids is 1. The quantitative estimate of drug-likeness (QED) is 0.747. The van der Waals surface area contributed by atoms with Gasteiger partial charge < -0.3 is 10.3 Å². The Morgan fingerprint density at radius 1 is 1.35 bits per heavy atom. The van der Waals surface area contributed by atoms with Crippen molar-refractivity contribution in [2.24, 2.45) is 0 Å². The average molecular weight is 328 g/mol. The lowest BCUT2D eigenvalue weighted by Crippen LogP contribution is -2.22. The van der Waals surface area contributed by atoms with Crippen LogP contribution in [0.25, 0.3) is 11.0 Å². The van der Waals surface area contributed by atoms with Crippen LogP contribution in [-0.2, 0) is 22.0 Å². The first-order chi connectivity index (χ1) is 11.1. The first-order valence-electron chi connectivity index (χ1n) is 7.18. The topological polar surface area (TPSA) is 87.7 Å². The van der Waals surface area contributed by atoms with Crippen LogP contribution in [0.3, 0.4) is 0 Å². The van der Waals surface area contributed by atoms with E-state index in [0.29, 0.717) is 22.9 Å². The molecule has 0 saturated heterocycles. The zero-order valence-electron chi connectivity index (χ0n) is 12.6. The number of H-pyrrole nitrogens is 1. The number of pyridine rings is 2. The summed E-state index contributed by atoms with van der Waals surface area (Å²) in [5, 5.41) is 4.19. The second kappa shape index (κ2) is 6.70. The minimum Gasteiger partial charge on any atom is -0.356 e. The summed E-state index contributed by atoms with van der Waals surface area (Å²) < 4.78 is 12.6. The molecule has 2 N–H and O–H groups in total. The number of carbonyl (C=O) groups is 1. The molecule has 0 radical (unpaired) electrons. The molecule has 7 heteroatoms. The largest absolute Gasteiger partial charge is 0.356 e. The molecule has 1 amide bonds. The Labute approximate surface area is 135 Å². The molecule has 0 spiro atoms. The number of aromatic nitrogens is 3. The van der Waals surface area contributed by atoms with Gasteiger partial charge in [-0.05, 0) is 30.2 Å². The van der Waals surface area contributed by atoms with Crippen LogP contribution in [0.15, 0.2) is 52.8 Å². The van der Waals surface area contributed by atoms with Crippen molar-refractivity contribution in [2.75, 3.05) is 6.54 Å². The second-order valence-corrected chi connectivity index (χ2v) is 6.48. The van der Waals surface area contributed by atoms with Crippen LogP contribution in [0.1, 0.15) is 12.5 Å². The summed E-state index contributed by atoms with van der Waals surface area (Å²) >= 11 is 0. The summed E-state index contributed by atoms with van der Waals surface area (Å²) in [6, 6.07) is 7.19. The van der Waals surface area contributed by atoms with Gasteiger partial charge in [-0.15, -0.1) is 0 Å². The Morgan fingerprint density at radius 3 is 2.96 bits per heavy atom. The standard InChI is InChI=1S/C16H16N4O2S/c1-11(21)17-7-5-12-9-19-16-14(12)8-13(10-20-16)23(22)15-4-2-3-6-18-15/h2-4,6,8-10H,5,7H2,1H3,(H,17,21)(H,19,20). The van der Waals surface area contributed by atoms with Crippen molar-refractivity contribution in [1.29, 1.82) is 0 Å². The lowest BCUT2D eigenvalue weighted by Gasteiger charge is -2.03. The van der Waals surface area contributed by atoms with Gasteiger partial charge in [0, 0.05) is 37.4 Å². The molecule has 3 rings (SSSR count). The van der Waals surface area contributed by atoms with Crippen molar-refractivity contribution in [3.05, 3.63) is 48.4 Å². The molecule has 0 aliphatic rings. The zero-order valence-corrected chi connectivity index (χ0v) is 13.4. The number of amides is 1. The van der Waals surface area contributed by atoms with Gasteiger partial charge in [-0.25, -0.2) is 14.2 Å². The van der Waals surface area contributed by atoms with Gasteiger partial charge in [-0.1, -0.05) is 6.07 Å². The molecule has 0 aromatic carbocycles. The minimum atomic E-state index is -1.37. The van der Waals surface area contributed by atoms with E-state index in [1.54, 1.807) is 30.6 Å². The monoisotopic (exact) mass is 328 g/mol. The zero-order chi connectivity index (χ0) is 16.2. The lowest BCUT2D eigenvalue weighted by atomic mass is 10.1. The summed E-state index contributed by atoms with van der Waals surface area (Å²) in [7, 11) is -1.37. The Morgan fingerprint density at radius 2 is 2.22 bits per heavy atom. The predicted octanol–water partition coefficient (Wildman–Crippen LogP) is 1.80. The Bertz CT molecular complexity index is 861. The number of nitrogens with zero attached hydrogens (tertiary/aromatic N) is 2. The first-order valence-corrected chi connectivity index (χ1v) is 8.33. The maximum atomic E-state index is 12.6. The van der Waals surface area contributed by atoms with Gasteiger partial charge >= 0.3 is 0 Å². The van der Waals surface area contributed by atoms with Gasteiger partial charge in [0.2, 0.25) is 5.91 Å². The highest BCUT2D eigenvalue weighted by atomic mass is 32.2. The molecule has 0 bridgehead atoms. The fourth-order valence-corrected chi connectivity index (χ4v) is 3.27. The van der Waals surface area contributed by atoms with Crippen molar-refractivity contribution >= 4 is 27.7 Å². The van der Waals surface area contributed by atoms with Crippen LogP contribution in [0.5, 0.6) is 0 Å². The van der Waals surface area contributed by atoms with Crippen molar-refractivity contribution in [2.45, 2.75) is 23.3 Å². The van der Waals surface area contributed by atoms with Crippen LogP contribution in [0.2, 0.25) is 0 Å². The number of nitrogens with one attached hydrogen (secondary N) is 2. The summed E-state index contributed by atoms with van der Waals surface area (Å²) in [6.07, 6.45) is 5.77. The van der Waals surface area contributed by atoms with Crippen LogP contribution < -0.4 is 5.32 Å². The SMILES string of the molecule is CC(=O)NCCc1c[nH]c2ncc(S(=O)c3ccccn3)cc12. The number of hydrogen-bond acceptors (Lipinski definition) is 4. The maximum Gasteiger partial charge on any atom is 0.216 e. The molecular formula is C16H16N4O2S. The maximum absolute atomic E-state index is 12.6. The first kappa shape index (κ1) is 15.4. The van der Waals surface area contributed by atoms with Gasteiger partial charge in [0.1, 0.15) is 21.5 Å². The van der Waals surface area contributed by atoms with Gasteiger partial charge in [0.15, 0.2) is 0 Å². The van der Waals surface area contributed by atoms with E-state index in [-0.39, 0.29) is 5.91 Å². The highest BCUT2D eigenvalue weighted by Gasteiger charge is 2.12. The third-order valence-corrected chi connectivity index (χ3v) is 4.67. The highest BCUT2D eigenvalue weighted by Crippen LogP contribution is 2.21. The molecule has 0 fully saturated rings. The second-order valence-electron chi connectivity index (χ2n) is 5.05. The van der Waals surface area contributed by atoms with Gasteiger partial charge in [-0.3, -0.25) is 4.79 Å². The Hall–Kier alpha value is -2.54. The van der Waals surface area contributed by atoms with E-state index in [0.717, 1.165) is 16.6 Å². The molecule has 6 nitrogen and oxygen atoms in total. The van der Waals surface area contributed by atoms with Crippen LogP contribution in [0.4, 0.5) is 0 Å². The van der Waals surface area contributed by atoms with Crippen LogP contribution in [-0.4, -0.2) is 31.6 Å². The fourth-order valence-electron chi connectivity index (χ4n) is 2.30. The summed E-state index contributed by atoms with van der Waals surface area (Å²) in [5.41, 5.74) is 1.77. The molecule has 3 aromatic rings. The molecule has 1 atom stereocenters. The summed E-state index contributed by atoms with van der Waals surface area (Å²) in [6.45, 7) is 2.04. The van der Waals surface area contributed by atoms with Gasteiger partial charge in [0.25, 0.3) is 0 Å². The van der Waals surface area contributed by atoms with E-state index >= 15 is 0 Å². The predicted molar refractivity (Wildman–Crippen MR) is 87.4 cm³/mol. The fraction of sp³-hybridized carbons (Fsp3) is 0.188. The third-order valence-electron chi connectivity index (χ3n) is 3.40. The van der Waals surface area contributed by atoms with Crippen molar-refractivity contribution in [1.82, 2.24) is 20.3 Å². The molecular weight excluding hydrogens is 312 g/mol. The van der Waals surface area contributed by atoms with Crippen molar-refractivity contribution < 1.29 is 9.00 Å². The van der Waals surface area contributed by atoms with Crippen molar-refractivity contribution in [3.8, 4) is 0 Å². The van der Waals surface area contributed by atoms with Crippen LogP contribution >= 0.6 is 0 Å².